The van der Waals surface area contributed by atoms with E-state index in [0.29, 0.717) is 23.6 Å². The van der Waals surface area contributed by atoms with Gasteiger partial charge in [0.1, 0.15) is 5.82 Å². The summed E-state index contributed by atoms with van der Waals surface area (Å²) in [5, 5.41) is 3.11. The van der Waals surface area contributed by atoms with Gasteiger partial charge in [-0.3, -0.25) is 0 Å². The van der Waals surface area contributed by atoms with Crippen molar-refractivity contribution in [1.82, 2.24) is 10.0 Å². The zero-order valence-corrected chi connectivity index (χ0v) is 13.7. The minimum Gasteiger partial charge on any atom is -0.310 e. The van der Waals surface area contributed by atoms with E-state index in [1.54, 1.807) is 6.92 Å². The molecule has 6 heteroatoms. The third-order valence-corrected chi connectivity index (χ3v) is 5.20. The van der Waals surface area contributed by atoms with E-state index in [1.165, 1.54) is 12.1 Å². The minimum atomic E-state index is -3.57. The molecule has 2 rings (SSSR count). The van der Waals surface area contributed by atoms with E-state index in [9.17, 15) is 12.8 Å². The second kappa shape index (κ2) is 6.02. The lowest BCUT2D eigenvalue weighted by atomic mass is 10.1. The molecule has 0 amide bonds. The van der Waals surface area contributed by atoms with E-state index in [2.05, 4.69) is 10.0 Å². The summed E-state index contributed by atoms with van der Waals surface area (Å²) in [6.45, 7) is 7.82. The Kier molecular flexibility index (Phi) is 4.70. The van der Waals surface area contributed by atoms with E-state index < -0.39 is 10.0 Å². The molecule has 1 aliphatic carbocycles. The average Bonchev–Trinajstić information content (AvgIpc) is 3.05. The number of benzene rings is 1. The SMILES string of the molecule is Cc1cc(S(=O)(=O)NC2CC2C)cc(CNC(C)C)c1F. The smallest absolute Gasteiger partial charge is 0.240 e. The molecule has 1 fully saturated rings. The first-order valence-electron chi connectivity index (χ1n) is 7.25. The Morgan fingerprint density at radius 3 is 2.52 bits per heavy atom. The Balaban J connectivity index is 2.27. The molecule has 0 aromatic heterocycles. The molecule has 0 radical (unpaired) electrons. The van der Waals surface area contributed by atoms with Crippen molar-refractivity contribution in [1.29, 1.82) is 0 Å². The number of halogens is 1. The topological polar surface area (TPSA) is 58.2 Å². The summed E-state index contributed by atoms with van der Waals surface area (Å²) in [5.41, 5.74) is 0.732. The molecule has 4 nitrogen and oxygen atoms in total. The van der Waals surface area contributed by atoms with Crippen LogP contribution in [0.25, 0.3) is 0 Å². The van der Waals surface area contributed by atoms with Crippen LogP contribution >= 0.6 is 0 Å². The number of hydrogen-bond acceptors (Lipinski definition) is 3. The number of aryl methyl sites for hydroxylation is 1. The minimum absolute atomic E-state index is 0.0117. The molecule has 118 valence electrons. The van der Waals surface area contributed by atoms with Crippen molar-refractivity contribution in [3.05, 3.63) is 29.1 Å². The van der Waals surface area contributed by atoms with Crippen LogP contribution in [0.1, 0.15) is 38.3 Å². The van der Waals surface area contributed by atoms with Gasteiger partial charge in [-0.2, -0.15) is 0 Å². The maximum Gasteiger partial charge on any atom is 0.240 e. The lowest BCUT2D eigenvalue weighted by molar-refractivity contribution is 0.546. The quantitative estimate of drug-likeness (QED) is 0.847. The number of nitrogens with one attached hydrogen (secondary N) is 2. The molecule has 0 bridgehead atoms. The Morgan fingerprint density at radius 2 is 2.00 bits per heavy atom. The van der Waals surface area contributed by atoms with Crippen molar-refractivity contribution in [3.8, 4) is 0 Å². The van der Waals surface area contributed by atoms with Crippen LogP contribution in [0.15, 0.2) is 17.0 Å². The monoisotopic (exact) mass is 314 g/mol. The van der Waals surface area contributed by atoms with Crippen LogP contribution in [0.4, 0.5) is 4.39 Å². The third kappa shape index (κ3) is 4.02. The van der Waals surface area contributed by atoms with Crippen LogP contribution in [0, 0.1) is 18.7 Å². The Labute approximate surface area is 126 Å². The second-order valence-electron chi connectivity index (χ2n) is 6.19. The fourth-order valence-corrected chi connectivity index (χ4v) is 3.65. The Bertz CT molecular complexity index is 629. The zero-order valence-electron chi connectivity index (χ0n) is 12.9. The van der Waals surface area contributed by atoms with Gasteiger partial charge in [-0.15, -0.1) is 0 Å². The molecule has 0 spiro atoms. The highest BCUT2D eigenvalue weighted by Gasteiger charge is 2.36. The molecular formula is C15H23FN2O2S. The first-order valence-corrected chi connectivity index (χ1v) is 8.73. The fraction of sp³-hybridized carbons (Fsp3) is 0.600. The van der Waals surface area contributed by atoms with Gasteiger partial charge in [0.05, 0.1) is 4.90 Å². The summed E-state index contributed by atoms with van der Waals surface area (Å²) in [5.74, 6) is 0.0327. The van der Waals surface area contributed by atoms with Crippen LogP contribution in [0.5, 0.6) is 0 Å². The first-order chi connectivity index (χ1) is 9.70. The summed E-state index contributed by atoms with van der Waals surface area (Å²) in [6.07, 6.45) is 0.862. The van der Waals surface area contributed by atoms with Crippen LogP contribution in [-0.2, 0) is 16.6 Å². The molecule has 2 atom stereocenters. The lowest BCUT2D eigenvalue weighted by Crippen LogP contribution is -2.27. The Morgan fingerprint density at radius 1 is 1.38 bits per heavy atom. The van der Waals surface area contributed by atoms with E-state index >= 15 is 0 Å². The molecule has 1 aromatic carbocycles. The second-order valence-corrected chi connectivity index (χ2v) is 7.90. The maximum atomic E-state index is 14.1. The van der Waals surface area contributed by atoms with E-state index in [0.717, 1.165) is 6.42 Å². The van der Waals surface area contributed by atoms with E-state index in [4.69, 9.17) is 0 Å². The van der Waals surface area contributed by atoms with Gasteiger partial charge in [0.15, 0.2) is 0 Å². The highest BCUT2D eigenvalue weighted by molar-refractivity contribution is 7.89. The molecule has 1 aromatic rings. The van der Waals surface area contributed by atoms with E-state index in [1.807, 2.05) is 20.8 Å². The zero-order chi connectivity index (χ0) is 15.8. The van der Waals surface area contributed by atoms with Gasteiger partial charge in [0.2, 0.25) is 10.0 Å². The van der Waals surface area contributed by atoms with Crippen molar-refractivity contribution >= 4 is 10.0 Å². The van der Waals surface area contributed by atoms with Gasteiger partial charge in [-0.05, 0) is 37.0 Å². The molecule has 0 heterocycles. The number of hydrogen-bond donors (Lipinski definition) is 2. The standard InChI is InChI=1S/C15H23FN2O2S/c1-9(2)17-8-12-7-13(5-11(4)15(12)16)21(19,20)18-14-6-10(14)3/h5,7,9-10,14,17-18H,6,8H2,1-4H3. The molecule has 1 aliphatic rings. The Hall–Kier alpha value is -0.980. The van der Waals surface area contributed by atoms with Crippen molar-refractivity contribution in [2.45, 2.75) is 57.6 Å². The van der Waals surface area contributed by atoms with Gasteiger partial charge < -0.3 is 5.32 Å². The highest BCUT2D eigenvalue weighted by Crippen LogP contribution is 2.31. The van der Waals surface area contributed by atoms with E-state index in [-0.39, 0.29) is 22.8 Å². The van der Waals surface area contributed by atoms with Gasteiger partial charge in [-0.1, -0.05) is 20.8 Å². The molecule has 21 heavy (non-hydrogen) atoms. The number of sulfonamides is 1. The normalized spacial score (nSPS) is 21.8. The maximum absolute atomic E-state index is 14.1. The van der Waals surface area contributed by atoms with Crippen LogP contribution in [0.3, 0.4) is 0 Å². The molecule has 1 saturated carbocycles. The van der Waals surface area contributed by atoms with Crippen molar-refractivity contribution in [2.75, 3.05) is 0 Å². The molecular weight excluding hydrogens is 291 g/mol. The van der Waals surface area contributed by atoms with Gasteiger partial charge in [-0.25, -0.2) is 17.5 Å². The highest BCUT2D eigenvalue weighted by atomic mass is 32.2. The van der Waals surface area contributed by atoms with Gasteiger partial charge in [0.25, 0.3) is 0 Å². The summed E-state index contributed by atoms with van der Waals surface area (Å²) >= 11 is 0. The molecule has 0 saturated heterocycles. The fourth-order valence-electron chi connectivity index (χ4n) is 2.16. The van der Waals surface area contributed by atoms with Crippen LogP contribution in [0.2, 0.25) is 0 Å². The summed E-state index contributed by atoms with van der Waals surface area (Å²) < 4.78 is 41.4. The molecule has 2 unspecified atom stereocenters. The molecule has 0 aliphatic heterocycles. The van der Waals surface area contributed by atoms with Crippen LogP contribution in [-0.4, -0.2) is 20.5 Å². The predicted molar refractivity (Wildman–Crippen MR) is 81.0 cm³/mol. The van der Waals surface area contributed by atoms with Gasteiger partial charge >= 0.3 is 0 Å². The van der Waals surface area contributed by atoms with Crippen LogP contribution < -0.4 is 10.0 Å². The first kappa shape index (κ1) is 16.4. The summed E-state index contributed by atoms with van der Waals surface area (Å²) in [4.78, 5) is 0.140. The van der Waals surface area contributed by atoms with Crippen molar-refractivity contribution in [2.24, 2.45) is 5.92 Å². The van der Waals surface area contributed by atoms with Crippen molar-refractivity contribution < 1.29 is 12.8 Å². The largest absolute Gasteiger partial charge is 0.310 e. The van der Waals surface area contributed by atoms with Crippen molar-refractivity contribution in [3.63, 3.8) is 0 Å². The lowest BCUT2D eigenvalue weighted by Gasteiger charge is -2.13. The number of rotatable bonds is 6. The molecule has 2 N–H and O–H groups in total. The average molecular weight is 314 g/mol. The third-order valence-electron chi connectivity index (χ3n) is 3.73. The van der Waals surface area contributed by atoms with Gasteiger partial charge in [0, 0.05) is 24.2 Å². The predicted octanol–water partition coefficient (Wildman–Crippen LogP) is 2.32. The summed E-state index contributed by atoms with van der Waals surface area (Å²) in [6, 6.07) is 3.03. The summed E-state index contributed by atoms with van der Waals surface area (Å²) in [7, 11) is -3.57.